The molecular weight excluding hydrogens is 348 g/mol. The molecule has 0 bridgehead atoms. The maximum Gasteiger partial charge on any atom is 0.407 e. The molecule has 0 heterocycles. The molecule has 1 aromatic rings. The summed E-state index contributed by atoms with van der Waals surface area (Å²) < 4.78 is 5.24. The van der Waals surface area contributed by atoms with E-state index in [0.29, 0.717) is 11.6 Å². The molecule has 7 heteroatoms. The number of alkyl carbamates (subject to hydrolysis) is 1. The Morgan fingerprint density at radius 1 is 1.27 bits per heavy atom. The number of nitrogens with one attached hydrogen (secondary N) is 2. The van der Waals surface area contributed by atoms with Gasteiger partial charge in [0, 0.05) is 11.6 Å². The van der Waals surface area contributed by atoms with Crippen LogP contribution in [-0.2, 0) is 4.74 Å². The summed E-state index contributed by atoms with van der Waals surface area (Å²) in [4.78, 5) is 11.7. The van der Waals surface area contributed by atoms with Crippen molar-refractivity contribution in [2.45, 2.75) is 57.9 Å². The Kier molecular flexibility index (Phi) is 7.84. The Balaban J connectivity index is 2.07. The molecule has 1 aromatic carbocycles. The first-order chi connectivity index (χ1) is 12.5. The van der Waals surface area contributed by atoms with Crippen LogP contribution in [0.15, 0.2) is 29.4 Å². The van der Waals surface area contributed by atoms with E-state index in [1.807, 2.05) is 26.0 Å². The van der Waals surface area contributed by atoms with Gasteiger partial charge in [0.1, 0.15) is 12.3 Å². The third-order valence-electron chi connectivity index (χ3n) is 4.37. The highest BCUT2D eigenvalue weighted by Gasteiger charge is 2.16. The summed E-state index contributed by atoms with van der Waals surface area (Å²) in [6, 6.07) is 8.29. The number of rotatable bonds is 6. The first kappa shape index (κ1) is 20.2. The van der Waals surface area contributed by atoms with E-state index < -0.39 is 6.09 Å². The highest BCUT2D eigenvalue weighted by molar-refractivity contribution is 7.80. The van der Waals surface area contributed by atoms with E-state index in [0.717, 1.165) is 5.56 Å². The molecule has 2 rings (SSSR count). The highest BCUT2D eigenvalue weighted by atomic mass is 32.1. The average molecular weight is 377 g/mol. The number of hydrogen-bond acceptors (Lipinski definition) is 4. The lowest BCUT2D eigenvalue weighted by Gasteiger charge is -2.22. The first-order valence-corrected chi connectivity index (χ1v) is 9.52. The molecule has 1 aliphatic rings. The van der Waals surface area contributed by atoms with E-state index in [1.165, 1.54) is 37.7 Å². The van der Waals surface area contributed by atoms with Gasteiger partial charge >= 0.3 is 6.09 Å². The first-order valence-electron chi connectivity index (χ1n) is 9.11. The SMILES string of the molecule is CC(C)NC(=O)OCC(=NNC(N)=S)c1ccc(C2CCCCC2)cc1. The fraction of sp³-hybridized carbons (Fsp3) is 0.526. The van der Waals surface area contributed by atoms with Crippen LogP contribution in [0.2, 0.25) is 0 Å². The van der Waals surface area contributed by atoms with Crippen molar-refractivity contribution in [2.75, 3.05) is 6.61 Å². The number of hydrazone groups is 1. The lowest BCUT2D eigenvalue weighted by Crippen LogP contribution is -2.33. The van der Waals surface area contributed by atoms with E-state index in [4.69, 9.17) is 22.7 Å². The Bertz CT molecular complexity index is 637. The van der Waals surface area contributed by atoms with E-state index in [-0.39, 0.29) is 17.8 Å². The Morgan fingerprint density at radius 3 is 2.50 bits per heavy atom. The van der Waals surface area contributed by atoms with Gasteiger partial charge in [-0.15, -0.1) is 0 Å². The van der Waals surface area contributed by atoms with Crippen LogP contribution in [-0.4, -0.2) is 29.6 Å². The van der Waals surface area contributed by atoms with Gasteiger partial charge in [-0.2, -0.15) is 5.10 Å². The van der Waals surface area contributed by atoms with Crippen molar-refractivity contribution in [3.63, 3.8) is 0 Å². The van der Waals surface area contributed by atoms with E-state index in [2.05, 4.69) is 28.0 Å². The van der Waals surface area contributed by atoms with Gasteiger partial charge < -0.3 is 15.8 Å². The summed E-state index contributed by atoms with van der Waals surface area (Å²) >= 11 is 4.80. The van der Waals surface area contributed by atoms with Crippen LogP contribution in [0, 0.1) is 0 Å². The fourth-order valence-corrected chi connectivity index (χ4v) is 3.14. The summed E-state index contributed by atoms with van der Waals surface area (Å²) in [5, 5.41) is 6.92. The summed E-state index contributed by atoms with van der Waals surface area (Å²) in [7, 11) is 0. The minimum atomic E-state index is -0.484. The smallest absolute Gasteiger partial charge is 0.407 e. The molecule has 1 aliphatic carbocycles. The average Bonchev–Trinajstić information content (AvgIpc) is 2.62. The fourth-order valence-electron chi connectivity index (χ4n) is 3.10. The van der Waals surface area contributed by atoms with Gasteiger partial charge in [0.05, 0.1) is 0 Å². The predicted molar refractivity (Wildman–Crippen MR) is 108 cm³/mol. The molecule has 0 saturated heterocycles. The third kappa shape index (κ3) is 6.63. The quantitative estimate of drug-likeness (QED) is 0.402. The van der Waals surface area contributed by atoms with Crippen LogP contribution >= 0.6 is 12.2 Å². The largest absolute Gasteiger partial charge is 0.443 e. The molecule has 0 spiro atoms. The predicted octanol–water partition coefficient (Wildman–Crippen LogP) is 3.41. The number of benzene rings is 1. The Labute approximate surface area is 160 Å². The summed E-state index contributed by atoms with van der Waals surface area (Å²) in [5.41, 5.74) is 10.8. The molecule has 142 valence electrons. The topological polar surface area (TPSA) is 88.7 Å². The van der Waals surface area contributed by atoms with Gasteiger partial charge in [-0.3, -0.25) is 5.43 Å². The highest BCUT2D eigenvalue weighted by Crippen LogP contribution is 2.32. The van der Waals surface area contributed by atoms with Gasteiger partial charge in [-0.25, -0.2) is 4.79 Å². The van der Waals surface area contributed by atoms with Crippen molar-refractivity contribution in [3.05, 3.63) is 35.4 Å². The molecule has 6 nitrogen and oxygen atoms in total. The Morgan fingerprint density at radius 2 is 1.92 bits per heavy atom. The van der Waals surface area contributed by atoms with Gasteiger partial charge in [-0.05, 0) is 50.4 Å². The molecule has 0 unspecified atom stereocenters. The number of nitrogens with zero attached hydrogens (tertiary/aromatic N) is 1. The summed E-state index contributed by atoms with van der Waals surface area (Å²) in [6.07, 6.45) is 5.96. The molecule has 0 atom stereocenters. The number of hydrogen-bond donors (Lipinski definition) is 3. The van der Waals surface area contributed by atoms with Crippen LogP contribution in [0.5, 0.6) is 0 Å². The molecule has 1 saturated carbocycles. The lowest BCUT2D eigenvalue weighted by atomic mass is 9.84. The van der Waals surface area contributed by atoms with Crippen molar-refractivity contribution in [1.82, 2.24) is 10.7 Å². The van der Waals surface area contributed by atoms with Crippen LogP contribution in [0.25, 0.3) is 0 Å². The molecular formula is C19H28N4O2S. The van der Waals surface area contributed by atoms with Gasteiger partial charge in [0.15, 0.2) is 5.11 Å². The maximum absolute atomic E-state index is 11.7. The van der Waals surface area contributed by atoms with Crippen molar-refractivity contribution < 1.29 is 9.53 Å². The van der Waals surface area contributed by atoms with Crippen LogP contribution in [0.1, 0.15) is 63.0 Å². The molecule has 0 radical (unpaired) electrons. The maximum atomic E-state index is 11.7. The van der Waals surface area contributed by atoms with Gasteiger partial charge in [0.25, 0.3) is 0 Å². The molecule has 26 heavy (non-hydrogen) atoms. The Hall–Kier alpha value is -2.15. The number of carbonyl (C=O) groups excluding carboxylic acids is 1. The van der Waals surface area contributed by atoms with Crippen molar-refractivity contribution in [2.24, 2.45) is 10.8 Å². The molecule has 0 aliphatic heterocycles. The van der Waals surface area contributed by atoms with Crippen molar-refractivity contribution in [3.8, 4) is 0 Å². The minimum absolute atomic E-state index is 0.00686. The molecule has 1 fully saturated rings. The number of amides is 1. The second-order valence-electron chi connectivity index (χ2n) is 6.87. The molecule has 1 amide bonds. The van der Waals surface area contributed by atoms with Crippen molar-refractivity contribution >= 4 is 29.1 Å². The molecule has 4 N–H and O–H groups in total. The lowest BCUT2D eigenvalue weighted by molar-refractivity contribution is 0.159. The number of nitrogens with two attached hydrogens (primary N) is 1. The number of thiocarbonyl (C=S) groups is 1. The normalized spacial score (nSPS) is 15.6. The van der Waals surface area contributed by atoms with Crippen LogP contribution in [0.4, 0.5) is 4.79 Å². The third-order valence-corrected chi connectivity index (χ3v) is 4.46. The summed E-state index contributed by atoms with van der Waals surface area (Å²) in [5.74, 6) is 0.640. The zero-order valence-corrected chi connectivity index (χ0v) is 16.3. The zero-order chi connectivity index (χ0) is 18.9. The van der Waals surface area contributed by atoms with Crippen molar-refractivity contribution in [1.29, 1.82) is 0 Å². The van der Waals surface area contributed by atoms with Crippen LogP contribution in [0.3, 0.4) is 0 Å². The zero-order valence-electron chi connectivity index (χ0n) is 15.5. The number of carbonyl (C=O) groups is 1. The van der Waals surface area contributed by atoms with E-state index in [9.17, 15) is 4.79 Å². The number of ether oxygens (including phenoxy) is 1. The van der Waals surface area contributed by atoms with Crippen LogP contribution < -0.4 is 16.5 Å². The second-order valence-corrected chi connectivity index (χ2v) is 7.31. The standard InChI is InChI=1S/C19H28N4O2S/c1-13(2)21-19(24)25-12-17(22-23-18(20)26)16-10-8-15(9-11-16)14-6-4-3-5-7-14/h8-11,13-14H,3-7,12H2,1-2H3,(H,21,24)(H3,20,23,26). The monoisotopic (exact) mass is 376 g/mol. The summed E-state index contributed by atoms with van der Waals surface area (Å²) in [6.45, 7) is 3.76. The van der Waals surface area contributed by atoms with Gasteiger partial charge in [0.2, 0.25) is 0 Å². The van der Waals surface area contributed by atoms with E-state index in [1.54, 1.807) is 0 Å². The second kappa shape index (κ2) is 10.1. The minimum Gasteiger partial charge on any atom is -0.443 e. The molecule has 0 aromatic heterocycles. The van der Waals surface area contributed by atoms with E-state index >= 15 is 0 Å². The van der Waals surface area contributed by atoms with Gasteiger partial charge in [-0.1, -0.05) is 43.5 Å².